The minimum Gasteiger partial charge on any atom is -0.496 e. The Labute approximate surface area is 110 Å². The number of rotatable bonds is 3. The van der Waals surface area contributed by atoms with Crippen molar-refractivity contribution in [3.05, 3.63) is 29.6 Å². The van der Waals surface area contributed by atoms with Crippen LogP contribution in [0.2, 0.25) is 0 Å². The standard InChI is InChI=1S/C13H15FN2O3/c1-19-11-3-2-9(14)8-10(11)12(17)13(18)16-6-4-15-5-7-16/h2-3,8,15H,4-7H2,1H3. The van der Waals surface area contributed by atoms with Gasteiger partial charge in [-0.15, -0.1) is 0 Å². The molecule has 1 saturated heterocycles. The molecule has 0 radical (unpaired) electrons. The maximum absolute atomic E-state index is 13.2. The van der Waals surface area contributed by atoms with Gasteiger partial charge < -0.3 is 15.0 Å². The summed E-state index contributed by atoms with van der Waals surface area (Å²) < 4.78 is 18.2. The summed E-state index contributed by atoms with van der Waals surface area (Å²) in [6, 6.07) is 3.56. The number of halogens is 1. The maximum atomic E-state index is 13.2. The van der Waals surface area contributed by atoms with Gasteiger partial charge in [-0.25, -0.2) is 4.39 Å². The normalized spacial score (nSPS) is 15.2. The molecule has 1 aromatic rings. The Morgan fingerprint density at radius 3 is 2.63 bits per heavy atom. The molecule has 19 heavy (non-hydrogen) atoms. The summed E-state index contributed by atoms with van der Waals surface area (Å²) >= 11 is 0. The number of ketones is 1. The van der Waals surface area contributed by atoms with Crippen LogP contribution in [-0.2, 0) is 4.79 Å². The number of piperazine rings is 1. The summed E-state index contributed by atoms with van der Waals surface area (Å²) in [5.41, 5.74) is -0.0361. The van der Waals surface area contributed by atoms with Crippen molar-refractivity contribution >= 4 is 11.7 Å². The van der Waals surface area contributed by atoms with Crippen LogP contribution in [0.15, 0.2) is 18.2 Å². The number of benzene rings is 1. The van der Waals surface area contributed by atoms with E-state index in [1.54, 1.807) is 0 Å². The van der Waals surface area contributed by atoms with Crippen molar-refractivity contribution in [2.24, 2.45) is 0 Å². The Balaban J connectivity index is 2.23. The summed E-state index contributed by atoms with van der Waals surface area (Å²) in [4.78, 5) is 25.6. The van der Waals surface area contributed by atoms with Crippen molar-refractivity contribution in [3.63, 3.8) is 0 Å². The van der Waals surface area contributed by atoms with Gasteiger partial charge >= 0.3 is 0 Å². The number of hydrogen-bond acceptors (Lipinski definition) is 4. The minimum absolute atomic E-state index is 0.0361. The van der Waals surface area contributed by atoms with Crippen LogP contribution in [0.5, 0.6) is 5.75 Å². The van der Waals surface area contributed by atoms with Crippen molar-refractivity contribution in [1.82, 2.24) is 10.2 Å². The van der Waals surface area contributed by atoms with Gasteiger partial charge in [0.15, 0.2) is 0 Å². The number of carbonyl (C=O) groups excluding carboxylic acids is 2. The van der Waals surface area contributed by atoms with Crippen molar-refractivity contribution in [2.45, 2.75) is 0 Å². The largest absolute Gasteiger partial charge is 0.496 e. The molecule has 2 rings (SSSR count). The highest BCUT2D eigenvalue weighted by Crippen LogP contribution is 2.20. The first kappa shape index (κ1) is 13.5. The van der Waals surface area contributed by atoms with E-state index < -0.39 is 17.5 Å². The fraction of sp³-hybridized carbons (Fsp3) is 0.385. The van der Waals surface area contributed by atoms with Crippen molar-refractivity contribution in [1.29, 1.82) is 0 Å². The van der Waals surface area contributed by atoms with E-state index in [2.05, 4.69) is 5.32 Å². The van der Waals surface area contributed by atoms with Crippen molar-refractivity contribution in [2.75, 3.05) is 33.3 Å². The zero-order valence-corrected chi connectivity index (χ0v) is 10.6. The maximum Gasteiger partial charge on any atom is 0.295 e. The van der Waals surface area contributed by atoms with Crippen LogP contribution >= 0.6 is 0 Å². The summed E-state index contributed by atoms with van der Waals surface area (Å²) in [7, 11) is 1.37. The molecule has 0 bridgehead atoms. The average molecular weight is 266 g/mol. The average Bonchev–Trinajstić information content (AvgIpc) is 2.46. The Morgan fingerprint density at radius 1 is 1.32 bits per heavy atom. The second-order valence-electron chi connectivity index (χ2n) is 4.22. The number of nitrogens with one attached hydrogen (secondary N) is 1. The number of hydrogen-bond donors (Lipinski definition) is 1. The molecule has 102 valence electrons. The van der Waals surface area contributed by atoms with Crippen LogP contribution in [0, 0.1) is 5.82 Å². The first-order valence-corrected chi connectivity index (χ1v) is 6.01. The van der Waals surface area contributed by atoms with Gasteiger partial charge in [0.05, 0.1) is 12.7 Å². The molecule has 1 fully saturated rings. The van der Waals surface area contributed by atoms with Crippen LogP contribution in [0.3, 0.4) is 0 Å². The third-order valence-corrected chi connectivity index (χ3v) is 3.00. The van der Waals surface area contributed by atoms with E-state index in [-0.39, 0.29) is 11.3 Å². The molecule has 1 aliphatic heterocycles. The zero-order chi connectivity index (χ0) is 13.8. The second kappa shape index (κ2) is 5.79. The van der Waals surface area contributed by atoms with Gasteiger partial charge in [0, 0.05) is 26.2 Å². The van der Waals surface area contributed by atoms with Crippen molar-refractivity contribution in [3.8, 4) is 5.75 Å². The molecule has 1 aliphatic rings. The Hall–Kier alpha value is -1.95. The molecule has 0 atom stereocenters. The highest BCUT2D eigenvalue weighted by Gasteiger charge is 2.26. The number of carbonyl (C=O) groups is 2. The van der Waals surface area contributed by atoms with E-state index >= 15 is 0 Å². The molecule has 5 nitrogen and oxygen atoms in total. The molecule has 0 saturated carbocycles. The summed E-state index contributed by atoms with van der Waals surface area (Å²) in [6.07, 6.45) is 0. The molecule has 1 amide bonds. The lowest BCUT2D eigenvalue weighted by Gasteiger charge is -2.26. The first-order chi connectivity index (χ1) is 9.13. The SMILES string of the molecule is COc1ccc(F)cc1C(=O)C(=O)N1CCNCC1. The predicted molar refractivity (Wildman–Crippen MR) is 66.7 cm³/mol. The predicted octanol–water partition coefficient (Wildman–Crippen LogP) is 0.449. The molecular weight excluding hydrogens is 251 g/mol. The van der Waals surface area contributed by atoms with E-state index in [0.717, 1.165) is 6.07 Å². The van der Waals surface area contributed by atoms with E-state index in [1.165, 1.54) is 24.1 Å². The molecular formula is C13H15FN2O3. The van der Waals surface area contributed by atoms with Crippen LogP contribution in [0.1, 0.15) is 10.4 Å². The summed E-state index contributed by atoms with van der Waals surface area (Å²) in [5, 5.41) is 3.09. The molecule has 0 aliphatic carbocycles. The fourth-order valence-corrected chi connectivity index (χ4v) is 1.98. The molecule has 0 unspecified atom stereocenters. The Bertz CT molecular complexity index is 499. The quantitative estimate of drug-likeness (QED) is 0.637. The molecule has 1 aromatic carbocycles. The van der Waals surface area contributed by atoms with Gasteiger partial charge in [-0.1, -0.05) is 0 Å². The molecule has 0 spiro atoms. The molecule has 6 heteroatoms. The van der Waals surface area contributed by atoms with Gasteiger partial charge in [0.1, 0.15) is 11.6 Å². The van der Waals surface area contributed by atoms with E-state index in [0.29, 0.717) is 26.2 Å². The van der Waals surface area contributed by atoms with E-state index in [1.807, 2.05) is 0 Å². The first-order valence-electron chi connectivity index (χ1n) is 6.01. The van der Waals surface area contributed by atoms with Gasteiger partial charge in [-0.2, -0.15) is 0 Å². The highest BCUT2D eigenvalue weighted by atomic mass is 19.1. The van der Waals surface area contributed by atoms with Gasteiger partial charge in [-0.05, 0) is 18.2 Å². The number of methoxy groups -OCH3 is 1. The molecule has 1 heterocycles. The second-order valence-corrected chi connectivity index (χ2v) is 4.22. The lowest BCUT2D eigenvalue weighted by atomic mass is 10.1. The van der Waals surface area contributed by atoms with Gasteiger partial charge in [-0.3, -0.25) is 9.59 Å². The minimum atomic E-state index is -0.738. The highest BCUT2D eigenvalue weighted by molar-refractivity contribution is 6.43. The smallest absolute Gasteiger partial charge is 0.295 e. The van der Waals surface area contributed by atoms with Crippen molar-refractivity contribution < 1.29 is 18.7 Å². The van der Waals surface area contributed by atoms with Crippen LogP contribution in [0.25, 0.3) is 0 Å². The van der Waals surface area contributed by atoms with Crippen LogP contribution in [0.4, 0.5) is 4.39 Å². The van der Waals surface area contributed by atoms with Gasteiger partial charge in [0.2, 0.25) is 0 Å². The number of amides is 1. The summed E-state index contributed by atoms with van der Waals surface area (Å²) in [6.45, 7) is 2.25. The number of nitrogens with zero attached hydrogens (tertiary/aromatic N) is 1. The third kappa shape index (κ3) is 2.90. The van der Waals surface area contributed by atoms with E-state index in [9.17, 15) is 14.0 Å². The molecule has 1 N–H and O–H groups in total. The van der Waals surface area contributed by atoms with Crippen LogP contribution < -0.4 is 10.1 Å². The lowest BCUT2D eigenvalue weighted by molar-refractivity contribution is -0.127. The Morgan fingerprint density at radius 2 is 2.00 bits per heavy atom. The Kier molecular flexibility index (Phi) is 4.11. The van der Waals surface area contributed by atoms with E-state index in [4.69, 9.17) is 4.74 Å². The number of Topliss-reactive ketones (excluding diaryl/α,β-unsaturated/α-hetero) is 1. The zero-order valence-electron chi connectivity index (χ0n) is 10.6. The lowest BCUT2D eigenvalue weighted by Crippen LogP contribution is -2.48. The monoisotopic (exact) mass is 266 g/mol. The third-order valence-electron chi connectivity index (χ3n) is 3.00. The number of ether oxygens (including phenoxy) is 1. The summed E-state index contributed by atoms with van der Waals surface area (Å²) in [5.74, 6) is -1.73. The fourth-order valence-electron chi connectivity index (χ4n) is 1.98. The van der Waals surface area contributed by atoms with Gasteiger partial charge in [0.25, 0.3) is 11.7 Å². The topological polar surface area (TPSA) is 58.6 Å². The van der Waals surface area contributed by atoms with Crippen LogP contribution in [-0.4, -0.2) is 49.9 Å². The molecule has 0 aromatic heterocycles.